The van der Waals surface area contributed by atoms with Gasteiger partial charge in [-0.3, -0.25) is 4.79 Å². The van der Waals surface area contributed by atoms with E-state index in [1.54, 1.807) is 6.26 Å². The van der Waals surface area contributed by atoms with Crippen molar-refractivity contribution in [2.24, 2.45) is 0 Å². The standard InChI is InChI=1S/C11H12F3NO2S/c1-15(2)10(17)8-6(11(12,13)14)4-5-7(18-3)9(8)16/h4-5,16H,1-3H3. The molecule has 0 heterocycles. The first kappa shape index (κ1) is 14.7. The van der Waals surface area contributed by atoms with Gasteiger partial charge in [-0.25, -0.2) is 0 Å². The Morgan fingerprint density at radius 1 is 1.33 bits per heavy atom. The van der Waals surface area contributed by atoms with Crippen molar-refractivity contribution in [1.29, 1.82) is 0 Å². The van der Waals surface area contributed by atoms with Crippen LogP contribution in [-0.4, -0.2) is 36.3 Å². The third-order valence-corrected chi connectivity index (χ3v) is 3.06. The fourth-order valence-corrected chi connectivity index (χ4v) is 1.91. The fourth-order valence-electron chi connectivity index (χ4n) is 1.41. The molecule has 1 rings (SSSR count). The monoisotopic (exact) mass is 279 g/mol. The molecule has 0 aliphatic carbocycles. The molecule has 1 N–H and O–H groups in total. The molecule has 1 aromatic rings. The van der Waals surface area contributed by atoms with E-state index in [4.69, 9.17) is 0 Å². The largest absolute Gasteiger partial charge is 0.506 e. The summed E-state index contributed by atoms with van der Waals surface area (Å²) in [5.41, 5.74) is -1.84. The van der Waals surface area contributed by atoms with Gasteiger partial charge in [0, 0.05) is 19.0 Å². The predicted molar refractivity (Wildman–Crippen MR) is 62.9 cm³/mol. The quantitative estimate of drug-likeness (QED) is 0.846. The Balaban J connectivity index is 3.55. The third-order valence-electron chi connectivity index (χ3n) is 2.29. The summed E-state index contributed by atoms with van der Waals surface area (Å²) in [6.45, 7) is 0. The Morgan fingerprint density at radius 2 is 1.89 bits per heavy atom. The van der Waals surface area contributed by atoms with E-state index in [-0.39, 0.29) is 4.90 Å². The molecule has 0 bridgehead atoms. The zero-order valence-electron chi connectivity index (χ0n) is 10.00. The first-order valence-electron chi connectivity index (χ1n) is 4.89. The van der Waals surface area contributed by atoms with Crippen molar-refractivity contribution in [2.75, 3.05) is 20.4 Å². The van der Waals surface area contributed by atoms with E-state index in [0.29, 0.717) is 0 Å². The lowest BCUT2D eigenvalue weighted by Crippen LogP contribution is -2.25. The predicted octanol–water partition coefficient (Wildman–Crippen LogP) is 2.83. The number of aromatic hydroxyl groups is 1. The van der Waals surface area contributed by atoms with Crippen molar-refractivity contribution in [1.82, 2.24) is 4.90 Å². The van der Waals surface area contributed by atoms with Crippen molar-refractivity contribution < 1.29 is 23.1 Å². The number of nitrogens with zero attached hydrogens (tertiary/aromatic N) is 1. The van der Waals surface area contributed by atoms with Crippen LogP contribution >= 0.6 is 11.8 Å². The van der Waals surface area contributed by atoms with Crippen LogP contribution in [0.25, 0.3) is 0 Å². The second kappa shape index (κ2) is 5.09. The molecule has 100 valence electrons. The van der Waals surface area contributed by atoms with Gasteiger partial charge in [0.25, 0.3) is 5.91 Å². The molecular weight excluding hydrogens is 267 g/mol. The smallest absolute Gasteiger partial charge is 0.417 e. The van der Waals surface area contributed by atoms with Crippen molar-refractivity contribution >= 4 is 17.7 Å². The van der Waals surface area contributed by atoms with Crippen LogP contribution in [0.4, 0.5) is 13.2 Å². The summed E-state index contributed by atoms with van der Waals surface area (Å²) in [4.78, 5) is 13.0. The molecule has 0 spiro atoms. The van der Waals surface area contributed by atoms with Gasteiger partial charge >= 0.3 is 6.18 Å². The third kappa shape index (κ3) is 2.72. The minimum absolute atomic E-state index is 0.230. The molecule has 0 atom stereocenters. The molecular formula is C11H12F3NO2S. The Morgan fingerprint density at radius 3 is 2.28 bits per heavy atom. The van der Waals surface area contributed by atoms with E-state index < -0.39 is 29.0 Å². The van der Waals surface area contributed by atoms with E-state index in [9.17, 15) is 23.1 Å². The molecule has 0 fully saturated rings. The second-order valence-electron chi connectivity index (χ2n) is 3.74. The van der Waals surface area contributed by atoms with Crippen molar-refractivity contribution in [3.8, 4) is 5.75 Å². The summed E-state index contributed by atoms with van der Waals surface area (Å²) in [7, 11) is 2.65. The van der Waals surface area contributed by atoms with E-state index in [0.717, 1.165) is 28.8 Å². The van der Waals surface area contributed by atoms with Gasteiger partial charge < -0.3 is 10.0 Å². The van der Waals surface area contributed by atoms with Gasteiger partial charge in [0.2, 0.25) is 0 Å². The first-order chi connectivity index (χ1) is 8.20. The van der Waals surface area contributed by atoms with Crippen LogP contribution in [0.15, 0.2) is 17.0 Å². The number of thioether (sulfide) groups is 1. The molecule has 0 aromatic heterocycles. The number of hydrogen-bond acceptors (Lipinski definition) is 3. The SMILES string of the molecule is CSc1ccc(C(F)(F)F)c(C(=O)N(C)C)c1O. The number of amides is 1. The van der Waals surface area contributed by atoms with Crippen LogP contribution in [0.3, 0.4) is 0 Å². The second-order valence-corrected chi connectivity index (χ2v) is 4.58. The molecule has 0 unspecified atom stereocenters. The zero-order chi connectivity index (χ0) is 14.1. The summed E-state index contributed by atoms with van der Waals surface area (Å²) in [6.07, 6.45) is -3.08. The summed E-state index contributed by atoms with van der Waals surface area (Å²) in [6, 6.07) is 1.96. The number of hydrogen-bond donors (Lipinski definition) is 1. The van der Waals surface area contributed by atoms with Gasteiger partial charge in [0.05, 0.1) is 11.1 Å². The summed E-state index contributed by atoms with van der Waals surface area (Å²) < 4.78 is 38.4. The lowest BCUT2D eigenvalue weighted by atomic mass is 10.0. The fraction of sp³-hybridized carbons (Fsp3) is 0.364. The van der Waals surface area contributed by atoms with Crippen molar-refractivity contribution in [3.63, 3.8) is 0 Å². The highest BCUT2D eigenvalue weighted by molar-refractivity contribution is 7.98. The maximum atomic E-state index is 12.8. The molecule has 0 saturated heterocycles. The summed E-state index contributed by atoms with van der Waals surface area (Å²) >= 11 is 1.07. The maximum Gasteiger partial charge on any atom is 0.417 e. The lowest BCUT2D eigenvalue weighted by Gasteiger charge is -2.18. The van der Waals surface area contributed by atoms with E-state index in [2.05, 4.69) is 0 Å². The molecule has 18 heavy (non-hydrogen) atoms. The highest BCUT2D eigenvalue weighted by Crippen LogP contribution is 2.40. The lowest BCUT2D eigenvalue weighted by molar-refractivity contribution is -0.138. The number of carbonyl (C=O) groups is 1. The van der Waals surface area contributed by atoms with Gasteiger partial charge in [0.1, 0.15) is 5.75 Å². The van der Waals surface area contributed by atoms with Crippen LogP contribution in [0.5, 0.6) is 5.75 Å². The van der Waals surface area contributed by atoms with Gasteiger partial charge in [-0.05, 0) is 18.4 Å². The molecule has 0 aliphatic rings. The highest BCUT2D eigenvalue weighted by atomic mass is 32.2. The van der Waals surface area contributed by atoms with Crippen LogP contribution in [-0.2, 0) is 6.18 Å². The topological polar surface area (TPSA) is 40.5 Å². The molecule has 3 nitrogen and oxygen atoms in total. The molecule has 0 saturated carbocycles. The minimum atomic E-state index is -4.69. The molecule has 0 aliphatic heterocycles. The van der Waals surface area contributed by atoms with E-state index >= 15 is 0 Å². The van der Waals surface area contributed by atoms with Crippen LogP contribution in [0.2, 0.25) is 0 Å². The van der Waals surface area contributed by atoms with Gasteiger partial charge in [0.15, 0.2) is 0 Å². The molecule has 1 aromatic carbocycles. The van der Waals surface area contributed by atoms with Crippen LogP contribution in [0.1, 0.15) is 15.9 Å². The average molecular weight is 279 g/mol. The number of phenolic OH excluding ortho intramolecular Hbond substituents is 1. The minimum Gasteiger partial charge on any atom is -0.506 e. The number of phenols is 1. The number of halogens is 3. The number of rotatable bonds is 2. The van der Waals surface area contributed by atoms with Gasteiger partial charge in [-0.15, -0.1) is 11.8 Å². The molecule has 0 radical (unpaired) electrons. The molecule has 1 amide bonds. The van der Waals surface area contributed by atoms with E-state index in [1.807, 2.05) is 0 Å². The van der Waals surface area contributed by atoms with Gasteiger partial charge in [-0.1, -0.05) is 0 Å². The number of carbonyl (C=O) groups excluding carboxylic acids is 1. The van der Waals surface area contributed by atoms with Crippen molar-refractivity contribution in [3.05, 3.63) is 23.3 Å². The summed E-state index contributed by atoms with van der Waals surface area (Å²) in [5.74, 6) is -1.51. The zero-order valence-corrected chi connectivity index (χ0v) is 10.8. The average Bonchev–Trinajstić information content (AvgIpc) is 2.26. The normalized spacial score (nSPS) is 11.4. The number of benzene rings is 1. The Labute approximate surface area is 107 Å². The summed E-state index contributed by atoms with van der Waals surface area (Å²) in [5, 5.41) is 9.78. The molecule has 7 heteroatoms. The number of alkyl halides is 3. The van der Waals surface area contributed by atoms with Crippen molar-refractivity contribution in [2.45, 2.75) is 11.1 Å². The Bertz CT molecular complexity index is 472. The maximum absolute atomic E-state index is 12.8. The van der Waals surface area contributed by atoms with Crippen LogP contribution in [0, 0.1) is 0 Å². The Kier molecular flexibility index (Phi) is 4.16. The first-order valence-corrected chi connectivity index (χ1v) is 6.11. The Hall–Kier alpha value is -1.37. The van der Waals surface area contributed by atoms with Gasteiger partial charge in [-0.2, -0.15) is 13.2 Å². The van der Waals surface area contributed by atoms with E-state index in [1.165, 1.54) is 14.1 Å². The highest BCUT2D eigenvalue weighted by Gasteiger charge is 2.37. The van der Waals surface area contributed by atoms with Crippen LogP contribution < -0.4 is 0 Å².